The largest absolute Gasteiger partial charge is 0.480 e. The highest BCUT2D eigenvalue weighted by Gasteiger charge is 2.57. The summed E-state index contributed by atoms with van der Waals surface area (Å²) in [6.07, 6.45) is 0.562. The second-order valence-corrected chi connectivity index (χ2v) is 5.98. The monoisotopic (exact) mass is 284 g/mol. The Morgan fingerprint density at radius 3 is 2.42 bits per heavy atom. The summed E-state index contributed by atoms with van der Waals surface area (Å²) in [7, 11) is -3.86. The number of benzene rings is 1. The molecule has 1 saturated carbocycles. The number of carboxylic acid groups (broad SMARTS) is 1. The van der Waals surface area contributed by atoms with Crippen LogP contribution in [0.4, 0.5) is 5.69 Å². The summed E-state index contributed by atoms with van der Waals surface area (Å²) in [4.78, 5) is 22.6. The van der Waals surface area contributed by atoms with Crippen molar-refractivity contribution in [2.75, 3.05) is 5.32 Å². The second kappa shape index (κ2) is 4.32. The molecule has 8 heteroatoms. The summed E-state index contributed by atoms with van der Waals surface area (Å²) in [5, 5.41) is 16.3. The molecule has 1 amide bonds. The third-order valence-electron chi connectivity index (χ3n) is 3.01. The number of anilines is 1. The van der Waals surface area contributed by atoms with Crippen molar-refractivity contribution >= 4 is 27.6 Å². The zero-order valence-electron chi connectivity index (χ0n) is 9.79. The zero-order valence-corrected chi connectivity index (χ0v) is 10.6. The van der Waals surface area contributed by atoms with Crippen molar-refractivity contribution in [1.82, 2.24) is 0 Å². The molecule has 7 nitrogen and oxygen atoms in total. The third kappa shape index (κ3) is 2.59. The molecule has 0 atom stereocenters. The lowest BCUT2D eigenvalue weighted by Gasteiger charge is -2.11. The summed E-state index contributed by atoms with van der Waals surface area (Å²) in [6, 6.07) is 5.35. The average molecular weight is 284 g/mol. The summed E-state index contributed by atoms with van der Waals surface area (Å²) in [5.41, 5.74) is -1.18. The maximum Gasteiger partial charge on any atom is 0.319 e. The van der Waals surface area contributed by atoms with Gasteiger partial charge in [0, 0.05) is 5.69 Å². The lowest BCUT2D eigenvalue weighted by atomic mass is 10.1. The van der Waals surface area contributed by atoms with Gasteiger partial charge in [0.05, 0.1) is 4.90 Å². The van der Waals surface area contributed by atoms with E-state index in [-0.39, 0.29) is 23.4 Å². The first kappa shape index (κ1) is 13.5. The molecule has 0 bridgehead atoms. The maximum atomic E-state index is 11.8. The minimum Gasteiger partial charge on any atom is -0.480 e. The van der Waals surface area contributed by atoms with Gasteiger partial charge in [0.15, 0.2) is 0 Å². The number of rotatable bonds is 4. The molecule has 0 unspecified atom stereocenters. The zero-order chi connectivity index (χ0) is 14.3. The van der Waals surface area contributed by atoms with Gasteiger partial charge >= 0.3 is 5.97 Å². The van der Waals surface area contributed by atoms with E-state index >= 15 is 0 Å². The molecule has 0 spiro atoms. The van der Waals surface area contributed by atoms with Crippen LogP contribution in [0.1, 0.15) is 12.8 Å². The number of amides is 1. The molecule has 1 aliphatic rings. The van der Waals surface area contributed by atoms with E-state index in [9.17, 15) is 18.0 Å². The molecule has 4 N–H and O–H groups in total. The fourth-order valence-electron chi connectivity index (χ4n) is 1.66. The number of hydrogen-bond donors (Lipinski definition) is 3. The Hall–Kier alpha value is -1.93. The summed E-state index contributed by atoms with van der Waals surface area (Å²) >= 11 is 0. The number of hydrogen-bond acceptors (Lipinski definition) is 4. The normalized spacial score (nSPS) is 16.7. The van der Waals surface area contributed by atoms with Crippen molar-refractivity contribution < 1.29 is 23.1 Å². The molecule has 0 aliphatic heterocycles. The van der Waals surface area contributed by atoms with E-state index in [0.717, 1.165) is 0 Å². The standard InChI is InChI=1S/C11H12N2O5S/c12-19(17,18)8-3-1-2-7(6-8)13-9(14)11(4-5-11)10(15)16/h1-3,6H,4-5H2,(H,13,14)(H,15,16)(H2,12,17,18). The first-order valence-corrected chi connectivity index (χ1v) is 6.98. The van der Waals surface area contributed by atoms with Crippen molar-refractivity contribution in [3.05, 3.63) is 24.3 Å². The van der Waals surface area contributed by atoms with Gasteiger partial charge in [-0.05, 0) is 31.0 Å². The Kier molecular flexibility index (Phi) is 3.07. The Labute approximate surface area is 109 Å². The molecule has 1 fully saturated rings. The van der Waals surface area contributed by atoms with E-state index in [1.807, 2.05) is 0 Å². The minimum atomic E-state index is -3.86. The van der Waals surface area contributed by atoms with Gasteiger partial charge in [0.2, 0.25) is 15.9 Å². The number of sulfonamides is 1. The molecule has 2 rings (SSSR count). The molecule has 19 heavy (non-hydrogen) atoms. The fourth-order valence-corrected chi connectivity index (χ4v) is 2.22. The Bertz CT molecular complexity index is 649. The molecule has 1 aromatic carbocycles. The number of nitrogens with two attached hydrogens (primary N) is 1. The van der Waals surface area contributed by atoms with Gasteiger partial charge in [0.25, 0.3) is 0 Å². The van der Waals surface area contributed by atoms with E-state index in [1.54, 1.807) is 0 Å². The number of primary sulfonamides is 1. The molecule has 0 heterocycles. The number of nitrogens with one attached hydrogen (secondary N) is 1. The molecule has 102 valence electrons. The van der Waals surface area contributed by atoms with Crippen molar-refractivity contribution in [1.29, 1.82) is 0 Å². The van der Waals surface area contributed by atoms with Crippen molar-refractivity contribution in [3.8, 4) is 0 Å². The van der Waals surface area contributed by atoms with Crippen LogP contribution >= 0.6 is 0 Å². The summed E-state index contributed by atoms with van der Waals surface area (Å²) in [6.45, 7) is 0. The summed E-state index contributed by atoms with van der Waals surface area (Å²) < 4.78 is 22.3. The van der Waals surface area contributed by atoms with E-state index in [4.69, 9.17) is 10.2 Å². The highest BCUT2D eigenvalue weighted by Crippen LogP contribution is 2.46. The molecule has 0 saturated heterocycles. The number of carbonyl (C=O) groups is 2. The quantitative estimate of drug-likeness (QED) is 0.678. The number of aliphatic carboxylic acids is 1. The van der Waals surface area contributed by atoms with Crippen molar-refractivity contribution in [3.63, 3.8) is 0 Å². The highest BCUT2D eigenvalue weighted by atomic mass is 32.2. The second-order valence-electron chi connectivity index (χ2n) is 4.41. The van der Waals surface area contributed by atoms with E-state index in [1.165, 1.54) is 24.3 Å². The Morgan fingerprint density at radius 1 is 1.32 bits per heavy atom. The van der Waals surface area contributed by atoms with Crippen LogP contribution in [-0.4, -0.2) is 25.4 Å². The van der Waals surface area contributed by atoms with Crippen molar-refractivity contribution in [2.45, 2.75) is 17.7 Å². The Balaban J connectivity index is 2.21. The van der Waals surface area contributed by atoms with Crippen LogP contribution in [0, 0.1) is 5.41 Å². The number of carbonyl (C=O) groups excluding carboxylic acids is 1. The van der Waals surface area contributed by atoms with Gasteiger partial charge in [-0.15, -0.1) is 0 Å². The lowest BCUT2D eigenvalue weighted by molar-refractivity contribution is -0.147. The number of carboxylic acids is 1. The fraction of sp³-hybridized carbons (Fsp3) is 0.273. The van der Waals surface area contributed by atoms with Crippen LogP contribution in [0.25, 0.3) is 0 Å². The molecular formula is C11H12N2O5S. The first-order valence-electron chi connectivity index (χ1n) is 5.43. The maximum absolute atomic E-state index is 11.8. The molecule has 1 aromatic rings. The summed E-state index contributed by atoms with van der Waals surface area (Å²) in [5.74, 6) is -1.82. The average Bonchev–Trinajstić information content (AvgIpc) is 3.09. The van der Waals surface area contributed by atoms with E-state index in [2.05, 4.69) is 5.32 Å². The van der Waals surface area contributed by atoms with Crippen LogP contribution < -0.4 is 10.5 Å². The van der Waals surface area contributed by atoms with E-state index < -0.39 is 27.3 Å². The van der Waals surface area contributed by atoms with Crippen molar-refractivity contribution in [2.24, 2.45) is 10.6 Å². The Morgan fingerprint density at radius 2 is 1.95 bits per heavy atom. The van der Waals surface area contributed by atoms with E-state index in [0.29, 0.717) is 0 Å². The van der Waals surface area contributed by atoms with Gasteiger partial charge in [-0.25, -0.2) is 13.6 Å². The van der Waals surface area contributed by atoms with Gasteiger partial charge < -0.3 is 10.4 Å². The first-order chi connectivity index (χ1) is 8.75. The van der Waals surface area contributed by atoms with Crippen LogP contribution in [0.5, 0.6) is 0 Å². The molecule has 0 aromatic heterocycles. The van der Waals surface area contributed by atoms with Gasteiger partial charge in [-0.2, -0.15) is 0 Å². The van der Waals surface area contributed by atoms with Crippen LogP contribution in [0.2, 0.25) is 0 Å². The predicted molar refractivity (Wildman–Crippen MR) is 65.7 cm³/mol. The predicted octanol–water partition coefficient (Wildman–Crippen LogP) is 0.137. The molecular weight excluding hydrogens is 272 g/mol. The SMILES string of the molecule is NS(=O)(=O)c1cccc(NC(=O)C2(C(=O)O)CC2)c1. The molecule has 0 radical (unpaired) electrons. The van der Waals surface area contributed by atoms with Crippen LogP contribution in [0.3, 0.4) is 0 Å². The van der Waals surface area contributed by atoms with Gasteiger partial charge in [-0.1, -0.05) is 6.07 Å². The topological polar surface area (TPSA) is 127 Å². The highest BCUT2D eigenvalue weighted by molar-refractivity contribution is 7.89. The lowest BCUT2D eigenvalue weighted by Crippen LogP contribution is -2.31. The minimum absolute atomic E-state index is 0.148. The third-order valence-corrected chi connectivity index (χ3v) is 3.93. The van der Waals surface area contributed by atoms with Crippen LogP contribution in [0.15, 0.2) is 29.2 Å². The molecule has 1 aliphatic carbocycles. The van der Waals surface area contributed by atoms with Gasteiger partial charge in [0.1, 0.15) is 5.41 Å². The van der Waals surface area contributed by atoms with Crippen LogP contribution in [-0.2, 0) is 19.6 Å². The smallest absolute Gasteiger partial charge is 0.319 e. The van der Waals surface area contributed by atoms with Gasteiger partial charge in [-0.3, -0.25) is 9.59 Å².